The van der Waals surface area contributed by atoms with Gasteiger partial charge < -0.3 is 10.2 Å². The predicted octanol–water partition coefficient (Wildman–Crippen LogP) is 1.33. The molecule has 2 unspecified atom stereocenters. The third kappa shape index (κ3) is 2.76. The summed E-state index contributed by atoms with van der Waals surface area (Å²) in [5.74, 6) is 0.843. The lowest BCUT2D eigenvalue weighted by atomic mass is 10.1. The first-order valence-electron chi connectivity index (χ1n) is 5.15. The fourth-order valence-corrected chi connectivity index (χ4v) is 1.79. The van der Waals surface area contributed by atoms with E-state index in [0.29, 0.717) is 0 Å². The summed E-state index contributed by atoms with van der Waals surface area (Å²) in [4.78, 5) is 2.51. The van der Waals surface area contributed by atoms with Crippen molar-refractivity contribution in [2.24, 2.45) is 5.92 Å². The second-order valence-electron chi connectivity index (χ2n) is 4.10. The monoisotopic (exact) mass is 170 g/mol. The largest absolute Gasteiger partial charge is 0.315 e. The smallest absolute Gasteiger partial charge is 0.0229 e. The van der Waals surface area contributed by atoms with Crippen molar-refractivity contribution in [2.75, 3.05) is 26.7 Å². The average molecular weight is 170 g/mol. The van der Waals surface area contributed by atoms with Crippen LogP contribution in [-0.2, 0) is 0 Å². The number of likely N-dealkylation sites (N-methyl/N-ethyl adjacent to an activating group) is 1. The molecule has 1 N–H and O–H groups in total. The Morgan fingerprint density at radius 2 is 2.33 bits per heavy atom. The van der Waals surface area contributed by atoms with Crippen LogP contribution in [0.2, 0.25) is 0 Å². The number of hydrogen-bond donors (Lipinski definition) is 1. The summed E-state index contributed by atoms with van der Waals surface area (Å²) in [6, 6.07) is 0.791. The Morgan fingerprint density at radius 3 is 2.83 bits per heavy atom. The molecule has 2 atom stereocenters. The topological polar surface area (TPSA) is 15.3 Å². The molecule has 1 aliphatic rings. The molecule has 0 amide bonds. The van der Waals surface area contributed by atoms with Gasteiger partial charge in [-0.1, -0.05) is 20.3 Å². The lowest BCUT2D eigenvalue weighted by Gasteiger charge is -2.26. The standard InChI is InChI=1S/C10H22N2/c1-4-9(2)8-12(3)10-5-6-11-7-10/h9-11H,4-8H2,1-3H3. The first-order valence-corrected chi connectivity index (χ1v) is 5.15. The zero-order valence-corrected chi connectivity index (χ0v) is 8.64. The van der Waals surface area contributed by atoms with Gasteiger partial charge >= 0.3 is 0 Å². The van der Waals surface area contributed by atoms with Gasteiger partial charge in [0.25, 0.3) is 0 Å². The van der Waals surface area contributed by atoms with Crippen LogP contribution in [0.5, 0.6) is 0 Å². The van der Waals surface area contributed by atoms with Crippen molar-refractivity contribution < 1.29 is 0 Å². The van der Waals surface area contributed by atoms with Gasteiger partial charge in [-0.15, -0.1) is 0 Å². The Balaban J connectivity index is 2.21. The molecule has 0 bridgehead atoms. The molecule has 12 heavy (non-hydrogen) atoms. The van der Waals surface area contributed by atoms with Crippen molar-refractivity contribution in [1.29, 1.82) is 0 Å². The Bertz CT molecular complexity index is 119. The van der Waals surface area contributed by atoms with Crippen LogP contribution in [0.25, 0.3) is 0 Å². The molecule has 0 aliphatic carbocycles. The van der Waals surface area contributed by atoms with E-state index >= 15 is 0 Å². The minimum Gasteiger partial charge on any atom is -0.315 e. The fraction of sp³-hybridized carbons (Fsp3) is 1.00. The van der Waals surface area contributed by atoms with Gasteiger partial charge in [0.15, 0.2) is 0 Å². The second-order valence-corrected chi connectivity index (χ2v) is 4.10. The van der Waals surface area contributed by atoms with E-state index in [1.807, 2.05) is 0 Å². The van der Waals surface area contributed by atoms with Crippen molar-refractivity contribution in [2.45, 2.75) is 32.7 Å². The third-order valence-corrected chi connectivity index (χ3v) is 2.95. The van der Waals surface area contributed by atoms with Gasteiger partial charge in [0, 0.05) is 19.1 Å². The predicted molar refractivity (Wildman–Crippen MR) is 53.4 cm³/mol. The average Bonchev–Trinajstić information content (AvgIpc) is 2.56. The first kappa shape index (κ1) is 10.0. The van der Waals surface area contributed by atoms with Crippen LogP contribution in [0, 0.1) is 5.92 Å². The molecule has 1 heterocycles. The summed E-state index contributed by atoms with van der Waals surface area (Å²) in [5, 5.41) is 3.40. The summed E-state index contributed by atoms with van der Waals surface area (Å²) in [7, 11) is 2.25. The van der Waals surface area contributed by atoms with Crippen molar-refractivity contribution >= 4 is 0 Å². The zero-order valence-electron chi connectivity index (χ0n) is 8.64. The SMILES string of the molecule is CCC(C)CN(C)C1CCNC1. The van der Waals surface area contributed by atoms with Crippen molar-refractivity contribution in [3.8, 4) is 0 Å². The molecule has 0 aromatic carbocycles. The maximum atomic E-state index is 3.40. The highest BCUT2D eigenvalue weighted by molar-refractivity contribution is 4.79. The number of nitrogens with one attached hydrogen (secondary N) is 1. The second kappa shape index (κ2) is 4.83. The summed E-state index contributed by atoms with van der Waals surface area (Å²) in [6.45, 7) is 8.25. The van der Waals surface area contributed by atoms with E-state index in [1.165, 1.54) is 32.5 Å². The maximum Gasteiger partial charge on any atom is 0.0229 e. The molecular weight excluding hydrogens is 148 g/mol. The van der Waals surface area contributed by atoms with Crippen LogP contribution in [-0.4, -0.2) is 37.6 Å². The molecule has 1 rings (SSSR count). The highest BCUT2D eigenvalue weighted by atomic mass is 15.2. The van der Waals surface area contributed by atoms with Crippen LogP contribution < -0.4 is 5.32 Å². The molecule has 0 aromatic rings. The van der Waals surface area contributed by atoms with Gasteiger partial charge in [0.1, 0.15) is 0 Å². The van der Waals surface area contributed by atoms with Crippen molar-refractivity contribution in [3.63, 3.8) is 0 Å². The molecule has 2 nitrogen and oxygen atoms in total. The molecule has 1 fully saturated rings. The van der Waals surface area contributed by atoms with Gasteiger partial charge in [-0.25, -0.2) is 0 Å². The summed E-state index contributed by atoms with van der Waals surface area (Å²) >= 11 is 0. The summed E-state index contributed by atoms with van der Waals surface area (Å²) < 4.78 is 0. The minimum atomic E-state index is 0.791. The lowest BCUT2D eigenvalue weighted by molar-refractivity contribution is 0.221. The molecule has 0 aromatic heterocycles. The summed E-state index contributed by atoms with van der Waals surface area (Å²) in [6.07, 6.45) is 2.62. The van der Waals surface area contributed by atoms with Gasteiger partial charge in [-0.05, 0) is 25.9 Å². The minimum absolute atomic E-state index is 0.791. The van der Waals surface area contributed by atoms with Crippen LogP contribution in [0.1, 0.15) is 26.7 Å². The normalized spacial score (nSPS) is 26.5. The van der Waals surface area contributed by atoms with Crippen LogP contribution in [0.15, 0.2) is 0 Å². The Labute approximate surface area is 76.3 Å². The van der Waals surface area contributed by atoms with Crippen LogP contribution in [0.4, 0.5) is 0 Å². The van der Waals surface area contributed by atoms with Crippen molar-refractivity contribution in [3.05, 3.63) is 0 Å². The van der Waals surface area contributed by atoms with Gasteiger partial charge in [0.2, 0.25) is 0 Å². The highest BCUT2D eigenvalue weighted by Gasteiger charge is 2.19. The van der Waals surface area contributed by atoms with Gasteiger partial charge in [-0.2, -0.15) is 0 Å². The molecule has 72 valence electrons. The Hall–Kier alpha value is -0.0800. The Morgan fingerprint density at radius 1 is 1.58 bits per heavy atom. The summed E-state index contributed by atoms with van der Waals surface area (Å²) in [5.41, 5.74) is 0. The number of hydrogen-bond acceptors (Lipinski definition) is 2. The molecule has 1 aliphatic heterocycles. The van der Waals surface area contributed by atoms with E-state index in [1.54, 1.807) is 0 Å². The van der Waals surface area contributed by atoms with Gasteiger partial charge in [0.05, 0.1) is 0 Å². The lowest BCUT2D eigenvalue weighted by Crippen LogP contribution is -2.36. The Kier molecular flexibility index (Phi) is 4.02. The quantitative estimate of drug-likeness (QED) is 0.684. The van der Waals surface area contributed by atoms with Crippen LogP contribution >= 0.6 is 0 Å². The van der Waals surface area contributed by atoms with Gasteiger partial charge in [-0.3, -0.25) is 0 Å². The van der Waals surface area contributed by atoms with E-state index < -0.39 is 0 Å². The first-order chi connectivity index (χ1) is 5.74. The zero-order chi connectivity index (χ0) is 8.97. The van der Waals surface area contributed by atoms with Crippen molar-refractivity contribution in [1.82, 2.24) is 10.2 Å². The van der Waals surface area contributed by atoms with E-state index in [9.17, 15) is 0 Å². The van der Waals surface area contributed by atoms with Crippen LogP contribution in [0.3, 0.4) is 0 Å². The number of rotatable bonds is 4. The van der Waals surface area contributed by atoms with E-state index in [-0.39, 0.29) is 0 Å². The van der Waals surface area contributed by atoms with E-state index in [2.05, 4.69) is 31.1 Å². The van der Waals surface area contributed by atoms with E-state index in [4.69, 9.17) is 0 Å². The molecule has 0 saturated carbocycles. The molecule has 0 radical (unpaired) electrons. The molecule has 1 saturated heterocycles. The maximum absolute atomic E-state index is 3.40. The third-order valence-electron chi connectivity index (χ3n) is 2.95. The number of nitrogens with zero attached hydrogens (tertiary/aromatic N) is 1. The highest BCUT2D eigenvalue weighted by Crippen LogP contribution is 2.10. The van der Waals surface area contributed by atoms with E-state index in [0.717, 1.165) is 12.0 Å². The molecule has 2 heteroatoms. The molecule has 0 spiro atoms. The fourth-order valence-electron chi connectivity index (χ4n) is 1.79. The molecular formula is C10H22N2.